The number of hydrogen-bond donors (Lipinski definition) is 2. The molecule has 4 nitrogen and oxygen atoms in total. The molecule has 0 radical (unpaired) electrons. The molecular weight excluding hydrogens is 283 g/mol. The van der Waals surface area contributed by atoms with Gasteiger partial charge in [0.2, 0.25) is 5.91 Å². The van der Waals surface area contributed by atoms with Gasteiger partial charge in [0.05, 0.1) is 12.0 Å². The third-order valence-corrected chi connectivity index (χ3v) is 3.13. The first-order valence-electron chi connectivity index (χ1n) is 6.25. The summed E-state index contributed by atoms with van der Waals surface area (Å²) in [5.74, 6) is -0.0200. The van der Waals surface area contributed by atoms with Gasteiger partial charge in [-0.15, -0.1) is 0 Å². The highest BCUT2D eigenvalue weighted by Crippen LogP contribution is 2.29. The van der Waals surface area contributed by atoms with E-state index in [2.05, 4.69) is 15.5 Å². The molecule has 1 amide bonds. The Morgan fingerprint density at radius 3 is 2.62 bits per heavy atom. The van der Waals surface area contributed by atoms with Crippen molar-refractivity contribution >= 4 is 11.7 Å². The maximum atomic E-state index is 12.6. The number of hydrogen-bond acceptors (Lipinski definition) is 2. The van der Waals surface area contributed by atoms with E-state index in [9.17, 15) is 18.0 Å². The van der Waals surface area contributed by atoms with E-state index >= 15 is 0 Å². The van der Waals surface area contributed by atoms with Gasteiger partial charge in [0.1, 0.15) is 0 Å². The van der Waals surface area contributed by atoms with E-state index in [0.29, 0.717) is 11.4 Å². The molecule has 0 saturated carbocycles. The predicted octanol–water partition coefficient (Wildman–Crippen LogP) is 3.23. The molecule has 0 aliphatic carbocycles. The van der Waals surface area contributed by atoms with Gasteiger partial charge in [-0.1, -0.05) is 18.2 Å². The summed E-state index contributed by atoms with van der Waals surface area (Å²) in [5, 5.41) is 9.21. The van der Waals surface area contributed by atoms with Crippen LogP contribution in [0, 0.1) is 13.8 Å². The largest absolute Gasteiger partial charge is 0.416 e. The highest BCUT2D eigenvalue weighted by atomic mass is 19.4. The number of nitrogens with zero attached hydrogens (tertiary/aromatic N) is 1. The molecule has 0 aliphatic rings. The van der Waals surface area contributed by atoms with Crippen LogP contribution in [0.1, 0.15) is 22.4 Å². The molecule has 0 aliphatic heterocycles. The van der Waals surface area contributed by atoms with Gasteiger partial charge in [-0.2, -0.15) is 18.3 Å². The first-order chi connectivity index (χ1) is 9.77. The standard InChI is InChI=1S/C14H14F3N3O/c1-8-9(2)19-20-13(8)18-12(21)7-10-4-3-5-11(6-10)14(15,16)17/h3-6H,7H2,1-2H3,(H2,18,19,20,21). The van der Waals surface area contributed by atoms with Crippen molar-refractivity contribution < 1.29 is 18.0 Å². The van der Waals surface area contributed by atoms with E-state index in [-0.39, 0.29) is 6.42 Å². The van der Waals surface area contributed by atoms with Gasteiger partial charge in [-0.05, 0) is 25.5 Å². The lowest BCUT2D eigenvalue weighted by Gasteiger charge is -2.08. The number of carbonyl (C=O) groups excluding carboxylic acids is 1. The van der Waals surface area contributed by atoms with Gasteiger partial charge >= 0.3 is 6.18 Å². The van der Waals surface area contributed by atoms with E-state index in [1.165, 1.54) is 12.1 Å². The van der Waals surface area contributed by atoms with Crippen molar-refractivity contribution in [2.45, 2.75) is 26.4 Å². The van der Waals surface area contributed by atoms with Crippen LogP contribution in [0.5, 0.6) is 0 Å². The number of anilines is 1. The van der Waals surface area contributed by atoms with Crippen LogP contribution in [0.4, 0.5) is 19.0 Å². The van der Waals surface area contributed by atoms with Crippen molar-refractivity contribution in [3.63, 3.8) is 0 Å². The molecule has 2 aromatic rings. The Hall–Kier alpha value is -2.31. The molecule has 2 rings (SSSR count). The van der Waals surface area contributed by atoms with Crippen molar-refractivity contribution in [3.05, 3.63) is 46.6 Å². The fourth-order valence-corrected chi connectivity index (χ4v) is 1.83. The van der Waals surface area contributed by atoms with Crippen LogP contribution in [0.3, 0.4) is 0 Å². The first kappa shape index (κ1) is 15.1. The maximum Gasteiger partial charge on any atom is 0.416 e. The Morgan fingerprint density at radius 2 is 2.05 bits per heavy atom. The highest BCUT2D eigenvalue weighted by Gasteiger charge is 2.30. The van der Waals surface area contributed by atoms with Crippen LogP contribution in [0.2, 0.25) is 0 Å². The Morgan fingerprint density at radius 1 is 1.33 bits per heavy atom. The molecule has 0 fully saturated rings. The minimum absolute atomic E-state index is 0.144. The molecule has 0 atom stereocenters. The minimum Gasteiger partial charge on any atom is -0.309 e. The fraction of sp³-hybridized carbons (Fsp3) is 0.286. The van der Waals surface area contributed by atoms with Crippen LogP contribution in [0.15, 0.2) is 24.3 Å². The topological polar surface area (TPSA) is 57.8 Å². The molecule has 1 aromatic heterocycles. The Kier molecular flexibility index (Phi) is 4.02. The van der Waals surface area contributed by atoms with Crippen LogP contribution in [-0.2, 0) is 17.4 Å². The molecule has 1 heterocycles. The number of rotatable bonds is 3. The number of aromatic nitrogens is 2. The fourth-order valence-electron chi connectivity index (χ4n) is 1.83. The average molecular weight is 297 g/mol. The number of aromatic amines is 1. The summed E-state index contributed by atoms with van der Waals surface area (Å²) in [6.45, 7) is 3.60. The smallest absolute Gasteiger partial charge is 0.309 e. The second-order valence-corrected chi connectivity index (χ2v) is 4.75. The summed E-state index contributed by atoms with van der Waals surface area (Å²) in [6, 6.07) is 4.72. The zero-order valence-electron chi connectivity index (χ0n) is 11.5. The zero-order valence-corrected chi connectivity index (χ0v) is 11.5. The zero-order chi connectivity index (χ0) is 15.6. The minimum atomic E-state index is -4.41. The Balaban J connectivity index is 2.08. The van der Waals surface area contributed by atoms with E-state index in [1.54, 1.807) is 6.92 Å². The van der Waals surface area contributed by atoms with Crippen molar-refractivity contribution in [3.8, 4) is 0 Å². The quantitative estimate of drug-likeness (QED) is 0.914. The molecule has 0 spiro atoms. The molecule has 7 heteroatoms. The average Bonchev–Trinajstić information content (AvgIpc) is 2.70. The number of nitrogens with one attached hydrogen (secondary N) is 2. The molecule has 0 bridgehead atoms. The number of aryl methyl sites for hydroxylation is 1. The Labute approximate surface area is 119 Å². The second-order valence-electron chi connectivity index (χ2n) is 4.75. The molecule has 0 unspecified atom stereocenters. The van der Waals surface area contributed by atoms with Gasteiger partial charge in [0.25, 0.3) is 0 Å². The van der Waals surface area contributed by atoms with E-state index in [1.807, 2.05) is 6.92 Å². The molecule has 0 saturated heterocycles. The number of halogens is 3. The van der Waals surface area contributed by atoms with Gasteiger partial charge in [-0.25, -0.2) is 0 Å². The van der Waals surface area contributed by atoms with Gasteiger partial charge in [0.15, 0.2) is 5.82 Å². The van der Waals surface area contributed by atoms with Crippen LogP contribution in [-0.4, -0.2) is 16.1 Å². The summed E-state index contributed by atoms with van der Waals surface area (Å²) in [7, 11) is 0. The Bertz CT molecular complexity index is 662. The summed E-state index contributed by atoms with van der Waals surface area (Å²) >= 11 is 0. The highest BCUT2D eigenvalue weighted by molar-refractivity contribution is 5.92. The van der Waals surface area contributed by atoms with Crippen molar-refractivity contribution in [1.82, 2.24) is 10.2 Å². The van der Waals surface area contributed by atoms with Crippen molar-refractivity contribution in [1.29, 1.82) is 0 Å². The molecule has 112 valence electrons. The summed E-state index contributed by atoms with van der Waals surface area (Å²) in [4.78, 5) is 11.9. The van der Waals surface area contributed by atoms with Crippen LogP contribution >= 0.6 is 0 Å². The van der Waals surface area contributed by atoms with Crippen molar-refractivity contribution in [2.24, 2.45) is 0 Å². The summed E-state index contributed by atoms with van der Waals surface area (Å²) < 4.78 is 37.8. The number of amides is 1. The maximum absolute atomic E-state index is 12.6. The number of benzene rings is 1. The molecule has 21 heavy (non-hydrogen) atoms. The molecule has 1 aromatic carbocycles. The van der Waals surface area contributed by atoms with Crippen LogP contribution in [0.25, 0.3) is 0 Å². The second kappa shape index (κ2) is 5.59. The number of carbonyl (C=O) groups is 1. The van der Waals surface area contributed by atoms with E-state index in [4.69, 9.17) is 0 Å². The van der Waals surface area contributed by atoms with Crippen molar-refractivity contribution in [2.75, 3.05) is 5.32 Å². The van der Waals surface area contributed by atoms with Crippen LogP contribution < -0.4 is 5.32 Å². The molecular formula is C14H14F3N3O. The third kappa shape index (κ3) is 3.62. The predicted molar refractivity (Wildman–Crippen MR) is 71.8 cm³/mol. The summed E-state index contributed by atoms with van der Waals surface area (Å²) in [5.41, 5.74) is 1.16. The lowest BCUT2D eigenvalue weighted by molar-refractivity contribution is -0.137. The normalized spacial score (nSPS) is 11.5. The first-order valence-corrected chi connectivity index (χ1v) is 6.25. The lowest BCUT2D eigenvalue weighted by Crippen LogP contribution is -2.16. The van der Waals surface area contributed by atoms with Gasteiger partial charge in [0, 0.05) is 11.3 Å². The third-order valence-electron chi connectivity index (χ3n) is 3.13. The van der Waals surface area contributed by atoms with Gasteiger partial charge in [-0.3, -0.25) is 9.89 Å². The summed E-state index contributed by atoms with van der Waals surface area (Å²) in [6.07, 6.45) is -4.56. The van der Waals surface area contributed by atoms with E-state index in [0.717, 1.165) is 23.4 Å². The SMILES string of the molecule is Cc1[nH]nc(NC(=O)Cc2cccc(C(F)(F)F)c2)c1C. The monoisotopic (exact) mass is 297 g/mol. The molecule has 2 N–H and O–H groups in total. The number of H-pyrrole nitrogens is 1. The van der Waals surface area contributed by atoms with E-state index < -0.39 is 17.6 Å². The number of alkyl halides is 3. The lowest BCUT2D eigenvalue weighted by atomic mass is 10.1. The van der Waals surface area contributed by atoms with Gasteiger partial charge < -0.3 is 5.32 Å².